The first-order chi connectivity index (χ1) is 5.38. The Morgan fingerprint density at radius 3 is 1.91 bits per heavy atom. The molecule has 2 amide bonds. The fourth-order valence-electron chi connectivity index (χ4n) is 0.648. The molecule has 0 saturated heterocycles. The molecule has 0 aromatic carbocycles. The maximum atomic E-state index is 10.0. The maximum Gasteiger partial charge on any atom is 0.211 e. The number of carbonyl (C=O) groups is 2. The van der Waals surface area contributed by atoms with Crippen molar-refractivity contribution in [1.82, 2.24) is 0 Å². The number of nitrogens with one attached hydrogen (secondary N) is 2. The summed E-state index contributed by atoms with van der Waals surface area (Å²) in [5.41, 5.74) is 1.24. The van der Waals surface area contributed by atoms with Gasteiger partial charge in [0, 0.05) is 10.8 Å². The molecule has 0 fully saturated rings. The molecular formula is C6H6N2O2S. The highest BCUT2D eigenvalue weighted by Crippen LogP contribution is 2.24. The summed E-state index contributed by atoms with van der Waals surface area (Å²) in [6.45, 7) is 0. The Morgan fingerprint density at radius 2 is 1.55 bits per heavy atom. The second kappa shape index (κ2) is 3.72. The van der Waals surface area contributed by atoms with Gasteiger partial charge in [-0.05, 0) is 0 Å². The van der Waals surface area contributed by atoms with E-state index in [4.69, 9.17) is 0 Å². The van der Waals surface area contributed by atoms with Crippen LogP contribution in [0.3, 0.4) is 0 Å². The predicted octanol–water partition coefficient (Wildman–Crippen LogP) is 0.885. The Morgan fingerprint density at radius 1 is 1.09 bits per heavy atom. The minimum Gasteiger partial charge on any atom is -0.326 e. The van der Waals surface area contributed by atoms with Crippen LogP contribution in [-0.2, 0) is 9.59 Å². The van der Waals surface area contributed by atoms with E-state index in [0.717, 1.165) is 0 Å². The van der Waals surface area contributed by atoms with E-state index >= 15 is 0 Å². The van der Waals surface area contributed by atoms with Crippen molar-refractivity contribution in [3.8, 4) is 0 Å². The first-order valence-electron chi connectivity index (χ1n) is 2.85. The summed E-state index contributed by atoms with van der Waals surface area (Å²) in [5.74, 6) is 0. The Labute approximate surface area is 67.2 Å². The van der Waals surface area contributed by atoms with Gasteiger partial charge in [-0.2, -0.15) is 0 Å². The highest BCUT2D eigenvalue weighted by Gasteiger charge is 1.99. The predicted molar refractivity (Wildman–Crippen MR) is 43.7 cm³/mol. The van der Waals surface area contributed by atoms with Gasteiger partial charge in [0.25, 0.3) is 0 Å². The quantitative estimate of drug-likeness (QED) is 0.659. The van der Waals surface area contributed by atoms with Crippen LogP contribution in [0.1, 0.15) is 0 Å². The minimum atomic E-state index is 0.567. The van der Waals surface area contributed by atoms with Gasteiger partial charge in [-0.1, -0.05) is 0 Å². The van der Waals surface area contributed by atoms with Crippen LogP contribution in [-0.4, -0.2) is 12.8 Å². The van der Waals surface area contributed by atoms with Crippen molar-refractivity contribution < 1.29 is 9.59 Å². The van der Waals surface area contributed by atoms with E-state index in [1.807, 2.05) is 0 Å². The second-order valence-electron chi connectivity index (χ2n) is 1.72. The summed E-state index contributed by atoms with van der Waals surface area (Å²) in [5, 5.41) is 8.37. The van der Waals surface area contributed by atoms with E-state index in [-0.39, 0.29) is 0 Å². The normalized spacial score (nSPS) is 8.73. The lowest BCUT2D eigenvalue weighted by Crippen LogP contribution is -1.98. The summed E-state index contributed by atoms with van der Waals surface area (Å²) in [7, 11) is 0. The van der Waals surface area contributed by atoms with Gasteiger partial charge < -0.3 is 10.6 Å². The van der Waals surface area contributed by atoms with Gasteiger partial charge in [0.1, 0.15) is 0 Å². The number of rotatable bonds is 4. The molecule has 0 aliphatic heterocycles. The van der Waals surface area contributed by atoms with Crippen molar-refractivity contribution >= 4 is 35.5 Å². The average molecular weight is 170 g/mol. The monoisotopic (exact) mass is 170 g/mol. The molecular weight excluding hydrogens is 164 g/mol. The van der Waals surface area contributed by atoms with Gasteiger partial charge in [-0.25, -0.2) is 0 Å². The van der Waals surface area contributed by atoms with Gasteiger partial charge >= 0.3 is 0 Å². The highest BCUT2D eigenvalue weighted by molar-refractivity contribution is 7.09. The zero-order valence-electron chi connectivity index (χ0n) is 5.53. The largest absolute Gasteiger partial charge is 0.326 e. The summed E-state index contributed by atoms with van der Waals surface area (Å²) < 4.78 is 0. The number of anilines is 2. The third kappa shape index (κ3) is 1.78. The lowest BCUT2D eigenvalue weighted by atomic mass is 10.4. The smallest absolute Gasteiger partial charge is 0.211 e. The number of hydrogen-bond donors (Lipinski definition) is 2. The minimum absolute atomic E-state index is 0.567. The van der Waals surface area contributed by atoms with Crippen LogP contribution in [0.25, 0.3) is 0 Å². The average Bonchev–Trinajstić information content (AvgIpc) is 2.39. The summed E-state index contributed by atoms with van der Waals surface area (Å²) in [6.07, 6.45) is 1.13. The Hall–Kier alpha value is -1.36. The van der Waals surface area contributed by atoms with Crippen molar-refractivity contribution in [3.63, 3.8) is 0 Å². The van der Waals surface area contributed by atoms with Gasteiger partial charge in [0.05, 0.1) is 11.4 Å². The fraction of sp³-hybridized carbons (Fsp3) is 0. The summed E-state index contributed by atoms with van der Waals surface area (Å²) in [6, 6.07) is 0. The van der Waals surface area contributed by atoms with Gasteiger partial charge in [0.2, 0.25) is 12.8 Å². The van der Waals surface area contributed by atoms with E-state index in [9.17, 15) is 9.59 Å². The van der Waals surface area contributed by atoms with E-state index < -0.39 is 0 Å². The molecule has 0 saturated carbocycles. The molecule has 0 aliphatic carbocycles. The van der Waals surface area contributed by atoms with Gasteiger partial charge in [0.15, 0.2) is 0 Å². The Balaban J connectivity index is 2.76. The molecule has 1 aromatic rings. The number of thiophene rings is 1. The van der Waals surface area contributed by atoms with E-state index in [1.54, 1.807) is 10.8 Å². The highest BCUT2D eigenvalue weighted by atomic mass is 32.1. The van der Waals surface area contributed by atoms with Crippen LogP contribution in [0, 0.1) is 0 Å². The molecule has 0 bridgehead atoms. The van der Waals surface area contributed by atoms with Gasteiger partial charge in [-0.3, -0.25) is 9.59 Å². The molecule has 1 aromatic heterocycles. The summed E-state index contributed by atoms with van der Waals surface area (Å²) >= 11 is 1.40. The molecule has 4 nitrogen and oxygen atoms in total. The lowest BCUT2D eigenvalue weighted by molar-refractivity contribution is -0.106. The second-order valence-corrected chi connectivity index (χ2v) is 2.47. The van der Waals surface area contributed by atoms with E-state index in [2.05, 4.69) is 10.6 Å². The third-order valence-corrected chi connectivity index (χ3v) is 1.83. The van der Waals surface area contributed by atoms with Crippen LogP contribution in [0.5, 0.6) is 0 Å². The molecule has 58 valence electrons. The zero-order valence-corrected chi connectivity index (χ0v) is 6.35. The van der Waals surface area contributed by atoms with Crippen molar-refractivity contribution in [1.29, 1.82) is 0 Å². The molecule has 0 unspecified atom stereocenters. The molecule has 0 radical (unpaired) electrons. The molecule has 2 N–H and O–H groups in total. The molecule has 0 spiro atoms. The fourth-order valence-corrected chi connectivity index (χ4v) is 1.38. The van der Waals surface area contributed by atoms with Crippen LogP contribution >= 0.6 is 11.3 Å². The summed E-state index contributed by atoms with van der Waals surface area (Å²) in [4.78, 5) is 20.0. The molecule has 1 rings (SSSR count). The molecule has 0 atom stereocenters. The van der Waals surface area contributed by atoms with Crippen LogP contribution in [0.15, 0.2) is 10.8 Å². The number of carbonyl (C=O) groups excluding carboxylic acids is 2. The molecule has 5 heteroatoms. The van der Waals surface area contributed by atoms with E-state index in [1.165, 1.54) is 11.3 Å². The first kappa shape index (κ1) is 7.74. The van der Waals surface area contributed by atoms with Gasteiger partial charge in [-0.15, -0.1) is 11.3 Å². The van der Waals surface area contributed by atoms with E-state index in [0.29, 0.717) is 24.2 Å². The molecule has 1 heterocycles. The topological polar surface area (TPSA) is 58.2 Å². The maximum absolute atomic E-state index is 10.0. The van der Waals surface area contributed by atoms with Crippen LogP contribution in [0.2, 0.25) is 0 Å². The van der Waals surface area contributed by atoms with Crippen LogP contribution in [0.4, 0.5) is 11.4 Å². The molecule has 11 heavy (non-hydrogen) atoms. The third-order valence-electron chi connectivity index (χ3n) is 1.09. The number of hydrogen-bond acceptors (Lipinski definition) is 3. The SMILES string of the molecule is O=CNc1cscc1NC=O. The molecule has 0 aliphatic rings. The van der Waals surface area contributed by atoms with Crippen molar-refractivity contribution in [2.45, 2.75) is 0 Å². The van der Waals surface area contributed by atoms with Crippen molar-refractivity contribution in [2.75, 3.05) is 10.6 Å². The zero-order chi connectivity index (χ0) is 8.10. The van der Waals surface area contributed by atoms with Crippen molar-refractivity contribution in [3.05, 3.63) is 10.8 Å². The van der Waals surface area contributed by atoms with Crippen LogP contribution < -0.4 is 10.6 Å². The Bertz CT molecular complexity index is 234. The standard InChI is InChI=1S/C6H6N2O2S/c9-3-7-5-1-11-2-6(5)8-4-10/h1-4H,(H,7,9)(H,8,10). The number of amides is 2. The first-order valence-corrected chi connectivity index (χ1v) is 3.79. The van der Waals surface area contributed by atoms with Crippen molar-refractivity contribution in [2.24, 2.45) is 0 Å². The lowest BCUT2D eigenvalue weighted by Gasteiger charge is -1.97. The Kier molecular flexibility index (Phi) is 2.62.